The maximum Gasteiger partial charge on any atom is 0.0173 e. The maximum absolute atomic E-state index is 5.68. The van der Waals surface area contributed by atoms with Crippen LogP contribution in [0.3, 0.4) is 0 Å². The van der Waals surface area contributed by atoms with Crippen molar-refractivity contribution in [1.29, 1.82) is 0 Å². The van der Waals surface area contributed by atoms with E-state index in [1.807, 2.05) is 0 Å². The minimum atomic E-state index is 0.383. The Morgan fingerprint density at radius 2 is 1.56 bits per heavy atom. The monoisotopic (exact) mass is 256 g/mol. The summed E-state index contributed by atoms with van der Waals surface area (Å²) in [7, 11) is 0. The lowest BCUT2D eigenvalue weighted by Crippen LogP contribution is -2.44. The van der Waals surface area contributed by atoms with Crippen molar-refractivity contribution in [2.24, 2.45) is 11.7 Å². The predicted molar refractivity (Wildman–Crippen MR) is 82.9 cm³/mol. The molecule has 0 aromatic rings. The van der Waals surface area contributed by atoms with Gasteiger partial charge in [-0.3, -0.25) is 0 Å². The molecule has 1 unspecified atom stereocenters. The Kier molecular flexibility index (Phi) is 10.8. The first-order valence-corrected chi connectivity index (χ1v) is 8.13. The Bertz CT molecular complexity index is 162. The Hall–Kier alpha value is -0.0800. The molecule has 0 aliphatic rings. The zero-order valence-electron chi connectivity index (χ0n) is 13.2. The van der Waals surface area contributed by atoms with Crippen LogP contribution in [0.5, 0.6) is 0 Å². The van der Waals surface area contributed by atoms with Crippen LogP contribution in [0.4, 0.5) is 0 Å². The summed E-state index contributed by atoms with van der Waals surface area (Å²) >= 11 is 0. The lowest BCUT2D eigenvalue weighted by molar-refractivity contribution is 0.282. The fourth-order valence-corrected chi connectivity index (χ4v) is 2.95. The third-order valence-electron chi connectivity index (χ3n) is 4.59. The second-order valence-corrected chi connectivity index (χ2v) is 5.64. The van der Waals surface area contributed by atoms with Crippen LogP contribution in [0, 0.1) is 5.92 Å². The van der Waals surface area contributed by atoms with E-state index in [-0.39, 0.29) is 0 Å². The fraction of sp³-hybridized carbons (Fsp3) is 1.00. The van der Waals surface area contributed by atoms with E-state index in [1.54, 1.807) is 0 Å². The van der Waals surface area contributed by atoms with Gasteiger partial charge in [-0.1, -0.05) is 40.5 Å². The summed E-state index contributed by atoms with van der Waals surface area (Å²) < 4.78 is 0. The molecular weight excluding hydrogens is 220 g/mol. The normalized spacial score (nSPS) is 13.8. The van der Waals surface area contributed by atoms with Gasteiger partial charge >= 0.3 is 0 Å². The predicted octanol–water partition coefficient (Wildman–Crippen LogP) is 4.09. The summed E-state index contributed by atoms with van der Waals surface area (Å²) in [4.78, 5) is 0. The van der Waals surface area contributed by atoms with Crippen molar-refractivity contribution >= 4 is 0 Å². The first-order valence-electron chi connectivity index (χ1n) is 8.13. The summed E-state index contributed by atoms with van der Waals surface area (Å²) in [6.45, 7) is 11.2. The lowest BCUT2D eigenvalue weighted by Gasteiger charge is -2.32. The van der Waals surface area contributed by atoms with Crippen LogP contribution in [-0.4, -0.2) is 18.6 Å². The van der Waals surface area contributed by atoms with E-state index in [4.69, 9.17) is 5.73 Å². The molecule has 0 spiro atoms. The smallest absolute Gasteiger partial charge is 0.0173 e. The summed E-state index contributed by atoms with van der Waals surface area (Å²) in [5.41, 5.74) is 6.07. The van der Waals surface area contributed by atoms with Crippen LogP contribution >= 0.6 is 0 Å². The summed E-state index contributed by atoms with van der Waals surface area (Å²) in [6, 6.07) is 0. The van der Waals surface area contributed by atoms with Crippen molar-refractivity contribution in [2.75, 3.05) is 13.1 Å². The molecule has 0 fully saturated rings. The van der Waals surface area contributed by atoms with Gasteiger partial charge in [0.05, 0.1) is 0 Å². The number of rotatable bonds is 12. The molecule has 110 valence electrons. The molecule has 0 aromatic carbocycles. The Balaban J connectivity index is 3.87. The number of nitrogens with one attached hydrogen (secondary N) is 1. The Morgan fingerprint density at radius 1 is 0.944 bits per heavy atom. The summed E-state index contributed by atoms with van der Waals surface area (Å²) in [6.07, 6.45) is 10.2. The minimum absolute atomic E-state index is 0.383. The summed E-state index contributed by atoms with van der Waals surface area (Å²) in [5.74, 6) is 0.848. The van der Waals surface area contributed by atoms with Gasteiger partial charge in [0.2, 0.25) is 0 Å². The van der Waals surface area contributed by atoms with Crippen LogP contribution in [0.15, 0.2) is 0 Å². The number of nitrogens with two attached hydrogens (primary N) is 1. The van der Waals surface area contributed by atoms with Crippen LogP contribution in [0.1, 0.15) is 79.1 Å². The van der Waals surface area contributed by atoms with E-state index in [2.05, 4.69) is 33.0 Å². The van der Waals surface area contributed by atoms with Crippen molar-refractivity contribution in [3.8, 4) is 0 Å². The lowest BCUT2D eigenvalue weighted by atomic mass is 9.89. The molecular formula is C16H36N2. The van der Waals surface area contributed by atoms with Gasteiger partial charge in [-0.2, -0.15) is 0 Å². The molecule has 3 N–H and O–H groups in total. The SMILES string of the molecule is CCCC(CCN)CCCNC(CC)(CC)CC. The topological polar surface area (TPSA) is 38.0 Å². The third kappa shape index (κ3) is 6.75. The van der Waals surface area contributed by atoms with Crippen LogP contribution < -0.4 is 11.1 Å². The molecule has 0 bridgehead atoms. The van der Waals surface area contributed by atoms with Crippen molar-refractivity contribution < 1.29 is 0 Å². The van der Waals surface area contributed by atoms with E-state index < -0.39 is 0 Å². The van der Waals surface area contributed by atoms with Gasteiger partial charge in [-0.25, -0.2) is 0 Å². The van der Waals surface area contributed by atoms with Gasteiger partial charge in [0.25, 0.3) is 0 Å². The van der Waals surface area contributed by atoms with E-state index in [9.17, 15) is 0 Å². The van der Waals surface area contributed by atoms with Crippen LogP contribution in [0.2, 0.25) is 0 Å². The average molecular weight is 256 g/mol. The Morgan fingerprint density at radius 3 is 2.00 bits per heavy atom. The van der Waals surface area contributed by atoms with E-state index >= 15 is 0 Å². The van der Waals surface area contributed by atoms with Crippen molar-refractivity contribution in [2.45, 2.75) is 84.6 Å². The Labute approximate surface area is 115 Å². The van der Waals surface area contributed by atoms with Crippen molar-refractivity contribution in [3.05, 3.63) is 0 Å². The molecule has 1 atom stereocenters. The van der Waals surface area contributed by atoms with Gasteiger partial charge in [0, 0.05) is 5.54 Å². The molecule has 0 aliphatic heterocycles. The van der Waals surface area contributed by atoms with Gasteiger partial charge in [0.15, 0.2) is 0 Å². The standard InChI is InChI=1S/C16H36N2/c1-5-10-15(12-13-17)11-9-14-18-16(6-2,7-3)8-4/h15,18H,5-14,17H2,1-4H3. The molecule has 0 aromatic heterocycles. The molecule has 0 saturated heterocycles. The zero-order valence-corrected chi connectivity index (χ0v) is 13.2. The second kappa shape index (κ2) is 10.8. The highest BCUT2D eigenvalue weighted by Crippen LogP contribution is 2.20. The fourth-order valence-electron chi connectivity index (χ4n) is 2.95. The highest BCUT2D eigenvalue weighted by Gasteiger charge is 2.22. The van der Waals surface area contributed by atoms with Gasteiger partial charge in [-0.05, 0) is 57.5 Å². The average Bonchev–Trinajstić information content (AvgIpc) is 2.40. The molecule has 0 rings (SSSR count). The van der Waals surface area contributed by atoms with E-state index in [0.29, 0.717) is 5.54 Å². The molecule has 18 heavy (non-hydrogen) atoms. The van der Waals surface area contributed by atoms with E-state index in [1.165, 1.54) is 57.9 Å². The first kappa shape index (κ1) is 17.9. The largest absolute Gasteiger partial charge is 0.330 e. The number of hydrogen-bond acceptors (Lipinski definition) is 2. The highest BCUT2D eigenvalue weighted by molar-refractivity contribution is 4.83. The molecule has 2 heteroatoms. The summed E-state index contributed by atoms with van der Waals surface area (Å²) in [5, 5.41) is 3.79. The zero-order chi connectivity index (χ0) is 13.9. The van der Waals surface area contributed by atoms with Gasteiger partial charge in [-0.15, -0.1) is 0 Å². The quantitative estimate of drug-likeness (QED) is 0.516. The van der Waals surface area contributed by atoms with Crippen LogP contribution in [0.25, 0.3) is 0 Å². The molecule has 0 amide bonds. The highest BCUT2D eigenvalue weighted by atomic mass is 15.0. The third-order valence-corrected chi connectivity index (χ3v) is 4.59. The first-order chi connectivity index (χ1) is 8.67. The van der Waals surface area contributed by atoms with E-state index in [0.717, 1.165) is 12.5 Å². The minimum Gasteiger partial charge on any atom is -0.330 e. The molecule has 0 radical (unpaired) electrons. The molecule has 0 aliphatic carbocycles. The van der Waals surface area contributed by atoms with Gasteiger partial charge in [0.1, 0.15) is 0 Å². The molecule has 2 nitrogen and oxygen atoms in total. The number of hydrogen-bond donors (Lipinski definition) is 2. The van der Waals surface area contributed by atoms with Crippen LogP contribution in [-0.2, 0) is 0 Å². The van der Waals surface area contributed by atoms with Crippen molar-refractivity contribution in [1.82, 2.24) is 5.32 Å². The molecule has 0 heterocycles. The van der Waals surface area contributed by atoms with Gasteiger partial charge < -0.3 is 11.1 Å². The maximum atomic E-state index is 5.68. The molecule has 0 saturated carbocycles. The second-order valence-electron chi connectivity index (χ2n) is 5.64. The van der Waals surface area contributed by atoms with Crippen molar-refractivity contribution in [3.63, 3.8) is 0 Å².